The highest BCUT2D eigenvalue weighted by molar-refractivity contribution is 9.10. The van der Waals surface area contributed by atoms with Gasteiger partial charge in [-0.2, -0.15) is 0 Å². The number of aliphatic hydroxyl groups excluding tert-OH is 1. The lowest BCUT2D eigenvalue weighted by Gasteiger charge is -2.24. The van der Waals surface area contributed by atoms with Gasteiger partial charge in [0.15, 0.2) is 0 Å². The monoisotopic (exact) mass is 342 g/mol. The number of carbonyl (C=O) groups excluding carboxylic acids is 1. The van der Waals surface area contributed by atoms with Crippen LogP contribution in [0.4, 0.5) is 0 Å². The third-order valence-corrected chi connectivity index (χ3v) is 3.64. The molecule has 0 saturated carbocycles. The van der Waals surface area contributed by atoms with Gasteiger partial charge < -0.3 is 20.5 Å². The van der Waals surface area contributed by atoms with Crippen molar-refractivity contribution in [2.24, 2.45) is 0 Å². The first-order valence-electron chi connectivity index (χ1n) is 6.70. The van der Waals surface area contributed by atoms with Gasteiger partial charge in [0.25, 0.3) is 0 Å². The van der Waals surface area contributed by atoms with E-state index in [1.165, 1.54) is 0 Å². The van der Waals surface area contributed by atoms with Crippen molar-refractivity contribution < 1.29 is 14.6 Å². The van der Waals surface area contributed by atoms with Crippen molar-refractivity contribution in [1.29, 1.82) is 0 Å². The Kier molecular flexibility index (Phi) is 5.82. The van der Waals surface area contributed by atoms with E-state index in [1.54, 1.807) is 0 Å². The summed E-state index contributed by atoms with van der Waals surface area (Å²) in [6, 6.07) is 7.74. The van der Waals surface area contributed by atoms with Crippen molar-refractivity contribution >= 4 is 21.8 Å². The number of carbonyl (C=O) groups is 1. The number of benzene rings is 1. The Morgan fingerprint density at radius 2 is 2.40 bits per heavy atom. The van der Waals surface area contributed by atoms with E-state index in [4.69, 9.17) is 4.74 Å². The van der Waals surface area contributed by atoms with Crippen LogP contribution in [0.3, 0.4) is 0 Å². The van der Waals surface area contributed by atoms with E-state index in [0.29, 0.717) is 19.5 Å². The highest BCUT2D eigenvalue weighted by Gasteiger charge is 2.18. The van der Waals surface area contributed by atoms with Crippen molar-refractivity contribution in [1.82, 2.24) is 10.6 Å². The molecule has 3 N–H and O–H groups in total. The van der Waals surface area contributed by atoms with E-state index in [-0.39, 0.29) is 18.6 Å². The van der Waals surface area contributed by atoms with Crippen LogP contribution in [0, 0.1) is 0 Å². The molecule has 110 valence electrons. The van der Waals surface area contributed by atoms with E-state index in [9.17, 15) is 9.90 Å². The molecule has 1 aromatic rings. The number of hydrogen-bond donors (Lipinski definition) is 3. The van der Waals surface area contributed by atoms with E-state index in [0.717, 1.165) is 16.6 Å². The molecule has 2 atom stereocenters. The maximum atomic E-state index is 11.0. The summed E-state index contributed by atoms with van der Waals surface area (Å²) in [5.41, 5.74) is 0. The molecular weight excluding hydrogens is 324 g/mol. The second-order valence-electron chi connectivity index (χ2n) is 4.87. The highest BCUT2D eigenvalue weighted by atomic mass is 79.9. The molecule has 20 heavy (non-hydrogen) atoms. The zero-order valence-electron chi connectivity index (χ0n) is 11.1. The second kappa shape index (κ2) is 7.61. The van der Waals surface area contributed by atoms with Crippen LogP contribution in [0.15, 0.2) is 28.7 Å². The predicted octanol–water partition coefficient (Wildman–Crippen LogP) is 1.06. The van der Waals surface area contributed by atoms with Crippen LogP contribution in [0.1, 0.15) is 12.8 Å². The summed E-state index contributed by atoms with van der Waals surface area (Å²) in [5, 5.41) is 15.9. The fourth-order valence-corrected chi connectivity index (χ4v) is 2.40. The van der Waals surface area contributed by atoms with Crippen LogP contribution in [0.5, 0.6) is 5.75 Å². The maximum Gasteiger partial charge on any atom is 0.220 e. The molecule has 0 bridgehead atoms. The van der Waals surface area contributed by atoms with Crippen LogP contribution in [0.2, 0.25) is 0 Å². The smallest absolute Gasteiger partial charge is 0.220 e. The number of ether oxygens (including phenoxy) is 1. The molecule has 2 unspecified atom stereocenters. The van der Waals surface area contributed by atoms with E-state index >= 15 is 0 Å². The third-order valence-electron chi connectivity index (χ3n) is 3.15. The minimum absolute atomic E-state index is 0.0987. The third kappa shape index (κ3) is 5.11. The Labute approximate surface area is 126 Å². The highest BCUT2D eigenvalue weighted by Crippen LogP contribution is 2.17. The van der Waals surface area contributed by atoms with Gasteiger partial charge in [-0.25, -0.2) is 0 Å². The van der Waals surface area contributed by atoms with Crippen LogP contribution >= 0.6 is 15.9 Å². The van der Waals surface area contributed by atoms with Crippen LogP contribution in [0.25, 0.3) is 0 Å². The molecule has 1 fully saturated rings. The largest absolute Gasteiger partial charge is 0.491 e. The Bertz CT molecular complexity index is 446. The van der Waals surface area contributed by atoms with E-state index < -0.39 is 6.10 Å². The van der Waals surface area contributed by atoms with Gasteiger partial charge in [-0.1, -0.05) is 22.0 Å². The number of halogens is 1. The van der Waals surface area contributed by atoms with Gasteiger partial charge in [0.05, 0.1) is 0 Å². The molecule has 0 aromatic heterocycles. The van der Waals surface area contributed by atoms with Crippen molar-refractivity contribution in [3.05, 3.63) is 28.7 Å². The van der Waals surface area contributed by atoms with Crippen LogP contribution < -0.4 is 15.4 Å². The Morgan fingerprint density at radius 3 is 3.10 bits per heavy atom. The Hall–Kier alpha value is -1.11. The molecule has 1 aromatic carbocycles. The SMILES string of the molecule is O=C1CCC(NCC(O)COc2cccc(Br)c2)CN1. The number of piperidine rings is 1. The number of nitrogens with one attached hydrogen (secondary N) is 2. The van der Waals surface area contributed by atoms with E-state index in [2.05, 4.69) is 26.6 Å². The van der Waals surface area contributed by atoms with Crippen molar-refractivity contribution in [2.75, 3.05) is 19.7 Å². The minimum Gasteiger partial charge on any atom is -0.491 e. The van der Waals surface area contributed by atoms with Gasteiger partial charge in [-0.05, 0) is 24.6 Å². The number of amides is 1. The molecule has 1 heterocycles. The summed E-state index contributed by atoms with van der Waals surface area (Å²) >= 11 is 3.37. The first-order chi connectivity index (χ1) is 9.63. The van der Waals surface area contributed by atoms with Gasteiger partial charge >= 0.3 is 0 Å². The first-order valence-corrected chi connectivity index (χ1v) is 7.49. The molecule has 1 saturated heterocycles. The van der Waals surface area contributed by atoms with Crippen molar-refractivity contribution in [3.63, 3.8) is 0 Å². The normalized spacial score (nSPS) is 20.3. The molecule has 0 aliphatic carbocycles. The zero-order chi connectivity index (χ0) is 14.4. The lowest BCUT2D eigenvalue weighted by Crippen LogP contribution is -2.48. The van der Waals surface area contributed by atoms with Gasteiger partial charge in [0.2, 0.25) is 5.91 Å². The average molecular weight is 343 g/mol. The summed E-state index contributed by atoms with van der Waals surface area (Å²) in [7, 11) is 0. The molecule has 5 nitrogen and oxygen atoms in total. The lowest BCUT2D eigenvalue weighted by atomic mass is 10.1. The quantitative estimate of drug-likeness (QED) is 0.722. The van der Waals surface area contributed by atoms with E-state index in [1.807, 2.05) is 24.3 Å². The number of rotatable bonds is 6. The summed E-state index contributed by atoms with van der Waals surface area (Å²) < 4.78 is 6.46. The Morgan fingerprint density at radius 1 is 1.55 bits per heavy atom. The van der Waals surface area contributed by atoms with Gasteiger partial charge in [0.1, 0.15) is 18.5 Å². The molecule has 1 aliphatic rings. The molecule has 1 amide bonds. The summed E-state index contributed by atoms with van der Waals surface area (Å²) in [5.74, 6) is 0.824. The maximum absolute atomic E-state index is 11.0. The minimum atomic E-state index is -0.577. The summed E-state index contributed by atoms with van der Waals surface area (Å²) in [6.45, 7) is 1.31. The van der Waals surface area contributed by atoms with Crippen LogP contribution in [-0.2, 0) is 4.79 Å². The van der Waals surface area contributed by atoms with Gasteiger partial charge in [-0.3, -0.25) is 4.79 Å². The average Bonchev–Trinajstić information content (AvgIpc) is 2.45. The second-order valence-corrected chi connectivity index (χ2v) is 5.79. The van der Waals surface area contributed by atoms with Crippen LogP contribution in [-0.4, -0.2) is 42.9 Å². The van der Waals surface area contributed by atoms with Gasteiger partial charge in [-0.15, -0.1) is 0 Å². The van der Waals surface area contributed by atoms with Crippen molar-refractivity contribution in [2.45, 2.75) is 25.0 Å². The molecule has 0 radical (unpaired) electrons. The zero-order valence-corrected chi connectivity index (χ0v) is 12.7. The van der Waals surface area contributed by atoms with Crippen molar-refractivity contribution in [3.8, 4) is 5.75 Å². The summed E-state index contributed by atoms with van der Waals surface area (Å²) in [6.07, 6.45) is 0.777. The standard InChI is InChI=1S/C14H19BrN2O3/c15-10-2-1-3-13(6-10)20-9-12(18)8-16-11-4-5-14(19)17-7-11/h1-3,6,11-12,16,18H,4-5,7-9H2,(H,17,19). The number of hydrogen-bond acceptors (Lipinski definition) is 4. The lowest BCUT2D eigenvalue weighted by molar-refractivity contribution is -0.122. The fourth-order valence-electron chi connectivity index (χ4n) is 2.02. The van der Waals surface area contributed by atoms with Gasteiger partial charge in [0, 0.05) is 30.0 Å². The predicted molar refractivity (Wildman–Crippen MR) is 79.7 cm³/mol. The molecule has 1 aliphatic heterocycles. The number of aliphatic hydroxyl groups is 1. The topological polar surface area (TPSA) is 70.6 Å². The molecule has 2 rings (SSSR count). The Balaban J connectivity index is 1.65. The fraction of sp³-hybridized carbons (Fsp3) is 0.500. The molecule has 0 spiro atoms. The first kappa shape index (κ1) is 15.3. The molecule has 6 heteroatoms. The summed E-state index contributed by atoms with van der Waals surface area (Å²) in [4.78, 5) is 11.0. The molecular formula is C14H19BrN2O3.